The van der Waals surface area contributed by atoms with E-state index < -0.39 is 38.5 Å². The van der Waals surface area contributed by atoms with Gasteiger partial charge in [-0.1, -0.05) is 17.9 Å². The topological polar surface area (TPSA) is 193 Å². The van der Waals surface area contributed by atoms with Crippen LogP contribution in [0.15, 0.2) is 36.8 Å². The van der Waals surface area contributed by atoms with Gasteiger partial charge in [0, 0.05) is 11.8 Å². The molecule has 0 spiro atoms. The fourth-order valence-corrected chi connectivity index (χ4v) is 4.07. The molecule has 0 unspecified atom stereocenters. The van der Waals surface area contributed by atoms with Crippen molar-refractivity contribution in [1.82, 2.24) is 14.5 Å². The monoisotopic (exact) mass is 476 g/mol. The number of anilines is 1. The van der Waals surface area contributed by atoms with Crippen LogP contribution in [-0.2, 0) is 9.30 Å². The number of aliphatic hydroxyl groups is 3. The molecule has 0 saturated carbocycles. The Hall–Kier alpha value is -3.01. The van der Waals surface area contributed by atoms with Crippen molar-refractivity contribution in [2.45, 2.75) is 31.0 Å². The minimum atomic E-state index is -4.72. The number of aliphatic hydroxyl groups excluding tert-OH is 2. The Morgan fingerprint density at radius 3 is 2.76 bits per heavy atom. The molecular formula is C20H21N4O8P. The zero-order valence-electron chi connectivity index (χ0n) is 17.2. The lowest BCUT2D eigenvalue weighted by Gasteiger charge is -2.27. The summed E-state index contributed by atoms with van der Waals surface area (Å²) in [5.74, 6) is 5.84. The third-order valence-corrected chi connectivity index (χ3v) is 5.67. The van der Waals surface area contributed by atoms with E-state index in [1.54, 1.807) is 6.07 Å². The van der Waals surface area contributed by atoms with Crippen molar-refractivity contribution >= 4 is 24.7 Å². The first kappa shape index (κ1) is 23.2. The molecule has 0 aliphatic carbocycles. The lowest BCUT2D eigenvalue weighted by molar-refractivity contribution is -0.0948. The van der Waals surface area contributed by atoms with Crippen LogP contribution in [0, 0.1) is 11.8 Å². The molecule has 1 fully saturated rings. The predicted molar refractivity (Wildman–Crippen MR) is 115 cm³/mol. The molecule has 2 aromatic heterocycles. The number of ether oxygens (including phenoxy) is 1. The number of nitrogens with zero attached hydrogens (tertiary/aromatic N) is 3. The minimum Gasteiger partial charge on any atom is -0.404 e. The summed E-state index contributed by atoms with van der Waals surface area (Å²) < 4.78 is 22.8. The van der Waals surface area contributed by atoms with Crippen LogP contribution in [-0.4, -0.2) is 64.1 Å². The quantitative estimate of drug-likeness (QED) is 0.217. The molecule has 3 heterocycles. The van der Waals surface area contributed by atoms with Crippen molar-refractivity contribution in [2.24, 2.45) is 0 Å². The Labute approximate surface area is 187 Å². The Balaban J connectivity index is 1.78. The third-order valence-electron chi connectivity index (χ3n) is 5.23. The number of fused-ring (bicyclic) bond motifs is 1. The van der Waals surface area contributed by atoms with Crippen LogP contribution < -0.4 is 10.3 Å². The van der Waals surface area contributed by atoms with Gasteiger partial charge in [-0.05, 0) is 25.1 Å². The van der Waals surface area contributed by atoms with Crippen LogP contribution >= 0.6 is 7.82 Å². The Morgan fingerprint density at radius 1 is 1.33 bits per heavy atom. The highest BCUT2D eigenvalue weighted by atomic mass is 31.2. The van der Waals surface area contributed by atoms with E-state index in [9.17, 15) is 19.9 Å². The summed E-state index contributed by atoms with van der Waals surface area (Å²) in [5, 5.41) is 31.0. The Kier molecular flexibility index (Phi) is 5.90. The van der Waals surface area contributed by atoms with Gasteiger partial charge in [0.1, 0.15) is 41.4 Å². The average molecular weight is 476 g/mol. The number of nitrogen functional groups attached to an aromatic ring is 1. The average Bonchev–Trinajstić information content (AvgIpc) is 3.21. The van der Waals surface area contributed by atoms with Crippen LogP contribution in [0.3, 0.4) is 0 Å². The Bertz CT molecular complexity index is 1310. The molecular weight excluding hydrogens is 455 g/mol. The lowest BCUT2D eigenvalue weighted by Crippen LogP contribution is -2.44. The van der Waals surface area contributed by atoms with Gasteiger partial charge in [-0.25, -0.2) is 14.5 Å². The van der Waals surface area contributed by atoms with E-state index in [-0.39, 0.29) is 11.6 Å². The van der Waals surface area contributed by atoms with Gasteiger partial charge in [-0.3, -0.25) is 9.79 Å². The van der Waals surface area contributed by atoms with Gasteiger partial charge in [0.25, 0.3) is 0 Å². The molecule has 1 aromatic carbocycles. The number of benzene rings is 1. The fraction of sp³-hybridized carbons (Fsp3) is 0.300. The highest BCUT2D eigenvalue weighted by Gasteiger charge is 2.53. The van der Waals surface area contributed by atoms with E-state index in [0.29, 0.717) is 22.2 Å². The molecule has 1 saturated heterocycles. The van der Waals surface area contributed by atoms with Crippen molar-refractivity contribution in [1.29, 1.82) is 0 Å². The molecule has 13 heteroatoms. The van der Waals surface area contributed by atoms with Crippen molar-refractivity contribution in [3.63, 3.8) is 0 Å². The van der Waals surface area contributed by atoms with Gasteiger partial charge < -0.3 is 34.9 Å². The van der Waals surface area contributed by atoms with Crippen molar-refractivity contribution < 1.29 is 38.9 Å². The van der Waals surface area contributed by atoms with Crippen LogP contribution in [0.1, 0.15) is 24.3 Å². The van der Waals surface area contributed by atoms with Gasteiger partial charge in [0.15, 0.2) is 6.23 Å². The number of rotatable bonds is 4. The van der Waals surface area contributed by atoms with E-state index in [2.05, 4.69) is 26.3 Å². The minimum absolute atomic E-state index is 0.0557. The maximum absolute atomic E-state index is 11.1. The lowest BCUT2D eigenvalue weighted by atomic mass is 9.96. The molecule has 1 aliphatic rings. The van der Waals surface area contributed by atoms with E-state index >= 15 is 0 Å². The van der Waals surface area contributed by atoms with E-state index in [4.69, 9.17) is 20.3 Å². The second kappa shape index (κ2) is 8.40. The molecule has 12 nitrogen and oxygen atoms in total. The third kappa shape index (κ3) is 4.44. The SMILES string of the molecule is C[C@@]1(O)[C@H](O)[C@@H](CO)O[C@H]1n1cc(C#Cc2cccc(OP(=O)(O)O)c2)c2c(N)ncnc21. The first-order valence-corrected chi connectivity index (χ1v) is 11.2. The van der Waals surface area contributed by atoms with E-state index in [1.165, 1.54) is 42.2 Å². The van der Waals surface area contributed by atoms with Crippen molar-refractivity contribution in [3.8, 4) is 17.6 Å². The summed E-state index contributed by atoms with van der Waals surface area (Å²) in [6, 6.07) is 5.88. The fourth-order valence-electron chi connectivity index (χ4n) is 3.68. The summed E-state index contributed by atoms with van der Waals surface area (Å²) in [6.45, 7) is 0.885. The number of phosphoric acid groups is 1. The summed E-state index contributed by atoms with van der Waals surface area (Å²) >= 11 is 0. The summed E-state index contributed by atoms with van der Waals surface area (Å²) in [5.41, 5.74) is 5.37. The van der Waals surface area contributed by atoms with Gasteiger partial charge >= 0.3 is 7.82 Å². The molecule has 7 N–H and O–H groups in total. The molecule has 0 amide bonds. The molecule has 4 atom stereocenters. The maximum atomic E-state index is 11.1. The van der Waals surface area contributed by atoms with E-state index in [0.717, 1.165) is 0 Å². The van der Waals surface area contributed by atoms with Crippen LogP contribution in [0.4, 0.5) is 5.82 Å². The number of aromatic nitrogens is 3. The molecule has 3 aromatic rings. The van der Waals surface area contributed by atoms with Crippen LogP contribution in [0.25, 0.3) is 11.0 Å². The predicted octanol–water partition coefficient (Wildman–Crippen LogP) is -0.114. The zero-order valence-corrected chi connectivity index (χ0v) is 18.1. The van der Waals surface area contributed by atoms with Crippen molar-refractivity contribution in [3.05, 3.63) is 47.9 Å². The second-order valence-corrected chi connectivity index (χ2v) is 8.81. The van der Waals surface area contributed by atoms with Crippen LogP contribution in [0.5, 0.6) is 5.75 Å². The van der Waals surface area contributed by atoms with E-state index in [1.807, 2.05) is 0 Å². The summed E-state index contributed by atoms with van der Waals surface area (Å²) in [7, 11) is -4.72. The Morgan fingerprint density at radius 2 is 2.09 bits per heavy atom. The first-order valence-electron chi connectivity index (χ1n) is 9.66. The highest BCUT2D eigenvalue weighted by Crippen LogP contribution is 2.41. The van der Waals surface area contributed by atoms with Crippen molar-refractivity contribution in [2.75, 3.05) is 12.3 Å². The molecule has 1 aliphatic heterocycles. The molecule has 33 heavy (non-hydrogen) atoms. The summed E-state index contributed by atoms with van der Waals surface area (Å²) in [6.07, 6.45) is -0.692. The van der Waals surface area contributed by atoms with Gasteiger partial charge in [-0.2, -0.15) is 0 Å². The zero-order chi connectivity index (χ0) is 24.0. The number of hydrogen-bond acceptors (Lipinski definition) is 9. The molecule has 4 rings (SSSR count). The standard InChI is InChI=1S/C20H21N4O8P/c1-20(27)16(26)14(9-25)31-19(20)24-8-12(15-17(21)22-10-23-18(15)24)6-5-11-3-2-4-13(7-11)32-33(28,29)30/h2-4,7-8,10,14,16,19,25-27H,9H2,1H3,(H2,21,22,23)(H2,28,29,30)/t14-,16-,19-,20-/m1/s1. The molecule has 0 bridgehead atoms. The largest absolute Gasteiger partial charge is 0.524 e. The van der Waals surface area contributed by atoms with Crippen LogP contribution in [0.2, 0.25) is 0 Å². The summed E-state index contributed by atoms with van der Waals surface area (Å²) in [4.78, 5) is 26.2. The van der Waals surface area contributed by atoms with Gasteiger partial charge in [0.05, 0.1) is 17.6 Å². The van der Waals surface area contributed by atoms with Gasteiger partial charge in [0.2, 0.25) is 0 Å². The normalized spacial score (nSPS) is 25.1. The van der Waals surface area contributed by atoms with Gasteiger partial charge in [-0.15, -0.1) is 0 Å². The second-order valence-electron chi connectivity index (χ2n) is 7.65. The number of phosphoric ester groups is 1. The number of hydrogen-bond donors (Lipinski definition) is 6. The maximum Gasteiger partial charge on any atom is 0.524 e. The molecule has 174 valence electrons. The molecule has 0 radical (unpaired) electrons. The first-order chi connectivity index (χ1) is 15.5. The highest BCUT2D eigenvalue weighted by molar-refractivity contribution is 7.46. The smallest absolute Gasteiger partial charge is 0.404 e. The number of nitrogens with two attached hydrogens (primary N) is 1.